The number of hydrogen-bond acceptors (Lipinski definition) is 4. The van der Waals surface area contributed by atoms with Gasteiger partial charge >= 0.3 is 0 Å². The molecule has 3 rings (SSSR count). The second-order valence-electron chi connectivity index (χ2n) is 6.75. The van der Waals surface area contributed by atoms with Crippen molar-refractivity contribution in [2.45, 2.75) is 26.4 Å². The summed E-state index contributed by atoms with van der Waals surface area (Å²) < 4.78 is 0. The second-order valence-corrected chi connectivity index (χ2v) is 6.75. The van der Waals surface area contributed by atoms with Crippen LogP contribution in [0.15, 0.2) is 72.9 Å². The van der Waals surface area contributed by atoms with Gasteiger partial charge in [-0.1, -0.05) is 30.3 Å². The highest BCUT2D eigenvalue weighted by Gasteiger charge is 2.15. The van der Waals surface area contributed by atoms with E-state index in [4.69, 9.17) is 5.26 Å². The number of nitrogens with zero attached hydrogens (tertiary/aromatic N) is 3. The molecule has 0 aliphatic carbocycles. The number of amides is 1. The molecular formula is C23H22N4O. The average Bonchev–Trinajstić information content (AvgIpc) is 2.73. The second kappa shape index (κ2) is 8.83. The van der Waals surface area contributed by atoms with E-state index in [1.165, 1.54) is 5.56 Å². The van der Waals surface area contributed by atoms with Gasteiger partial charge in [-0.3, -0.25) is 9.78 Å². The molecule has 0 atom stereocenters. The van der Waals surface area contributed by atoms with Crippen molar-refractivity contribution in [2.75, 3.05) is 10.2 Å². The van der Waals surface area contributed by atoms with Crippen molar-refractivity contribution >= 4 is 17.3 Å². The van der Waals surface area contributed by atoms with E-state index < -0.39 is 0 Å². The van der Waals surface area contributed by atoms with Gasteiger partial charge in [-0.2, -0.15) is 5.26 Å². The van der Waals surface area contributed by atoms with Gasteiger partial charge in [0.1, 0.15) is 5.69 Å². The van der Waals surface area contributed by atoms with E-state index in [1.54, 1.807) is 30.5 Å². The lowest BCUT2D eigenvalue weighted by molar-refractivity contribution is 0.102. The van der Waals surface area contributed by atoms with Gasteiger partial charge in [0.15, 0.2) is 0 Å². The molecule has 3 aromatic rings. The van der Waals surface area contributed by atoms with E-state index in [9.17, 15) is 4.79 Å². The van der Waals surface area contributed by atoms with Gasteiger partial charge in [0.2, 0.25) is 0 Å². The van der Waals surface area contributed by atoms with Crippen LogP contribution in [-0.2, 0) is 6.54 Å². The summed E-state index contributed by atoms with van der Waals surface area (Å²) in [5, 5.41) is 11.7. The minimum absolute atomic E-state index is 0.261. The highest BCUT2D eigenvalue weighted by Crippen LogP contribution is 2.21. The Kier molecular flexibility index (Phi) is 6.03. The fourth-order valence-electron chi connectivity index (χ4n) is 2.90. The highest BCUT2D eigenvalue weighted by molar-refractivity contribution is 6.03. The molecule has 0 aliphatic heterocycles. The Labute approximate surface area is 165 Å². The first-order chi connectivity index (χ1) is 13.6. The zero-order valence-electron chi connectivity index (χ0n) is 16.0. The SMILES string of the molecule is CC(C)N(Cc1ccccc1)c1ccnc(C(=O)Nc2ccc(C#N)cc2)c1. The minimum Gasteiger partial charge on any atom is -0.365 e. The molecule has 0 saturated heterocycles. The predicted octanol–water partition coefficient (Wildman–Crippen LogP) is 4.62. The van der Waals surface area contributed by atoms with E-state index >= 15 is 0 Å². The van der Waals surface area contributed by atoms with Crippen molar-refractivity contribution < 1.29 is 4.79 Å². The third-order valence-electron chi connectivity index (χ3n) is 4.40. The Morgan fingerprint density at radius 3 is 2.46 bits per heavy atom. The molecule has 140 valence electrons. The highest BCUT2D eigenvalue weighted by atomic mass is 16.1. The maximum atomic E-state index is 12.6. The summed E-state index contributed by atoms with van der Waals surface area (Å²) in [5.41, 5.74) is 3.67. The normalized spacial score (nSPS) is 10.4. The van der Waals surface area contributed by atoms with Gasteiger partial charge in [-0.05, 0) is 55.8 Å². The van der Waals surface area contributed by atoms with Crippen LogP contribution < -0.4 is 10.2 Å². The smallest absolute Gasteiger partial charge is 0.274 e. The number of nitriles is 1. The number of nitrogens with one attached hydrogen (secondary N) is 1. The first-order valence-electron chi connectivity index (χ1n) is 9.15. The first kappa shape index (κ1) is 19.1. The van der Waals surface area contributed by atoms with Crippen molar-refractivity contribution in [3.63, 3.8) is 0 Å². The van der Waals surface area contributed by atoms with E-state index in [0.717, 1.165) is 12.2 Å². The standard InChI is InChI=1S/C23H22N4O/c1-17(2)27(16-19-6-4-3-5-7-19)21-12-13-25-22(14-21)23(28)26-20-10-8-18(15-24)9-11-20/h3-14,17H,16H2,1-2H3,(H,26,28). The molecule has 1 aromatic heterocycles. The van der Waals surface area contributed by atoms with Gasteiger partial charge in [0.05, 0.1) is 11.6 Å². The molecule has 0 radical (unpaired) electrons. The lowest BCUT2D eigenvalue weighted by Crippen LogP contribution is -2.30. The fourth-order valence-corrected chi connectivity index (χ4v) is 2.90. The van der Waals surface area contributed by atoms with Crippen LogP contribution in [0, 0.1) is 11.3 Å². The summed E-state index contributed by atoms with van der Waals surface area (Å²) >= 11 is 0. The van der Waals surface area contributed by atoms with E-state index in [0.29, 0.717) is 16.9 Å². The summed E-state index contributed by atoms with van der Waals surface area (Å²) in [6, 6.07) is 23.0. The Morgan fingerprint density at radius 1 is 1.11 bits per heavy atom. The summed E-state index contributed by atoms with van der Waals surface area (Å²) in [7, 11) is 0. The quantitative estimate of drug-likeness (QED) is 0.687. The van der Waals surface area contributed by atoms with Crippen LogP contribution in [0.25, 0.3) is 0 Å². The molecule has 5 nitrogen and oxygen atoms in total. The third kappa shape index (κ3) is 4.74. The van der Waals surface area contributed by atoms with Crippen LogP contribution >= 0.6 is 0 Å². The topological polar surface area (TPSA) is 69.0 Å². The molecule has 0 bridgehead atoms. The van der Waals surface area contributed by atoms with Crippen molar-refractivity contribution in [3.8, 4) is 6.07 Å². The van der Waals surface area contributed by atoms with Gasteiger partial charge in [0.25, 0.3) is 5.91 Å². The van der Waals surface area contributed by atoms with Crippen LogP contribution in [0.3, 0.4) is 0 Å². The molecule has 1 heterocycles. The van der Waals surface area contributed by atoms with E-state index in [2.05, 4.69) is 47.3 Å². The van der Waals surface area contributed by atoms with Crippen LogP contribution in [0.1, 0.15) is 35.5 Å². The number of rotatable bonds is 6. The number of anilines is 2. The average molecular weight is 370 g/mol. The maximum absolute atomic E-state index is 12.6. The number of aromatic nitrogens is 1. The lowest BCUT2D eigenvalue weighted by Gasteiger charge is -2.29. The number of carbonyl (C=O) groups excluding carboxylic acids is 1. The maximum Gasteiger partial charge on any atom is 0.274 e. The van der Waals surface area contributed by atoms with Crippen molar-refractivity contribution in [1.82, 2.24) is 4.98 Å². The molecular weight excluding hydrogens is 348 g/mol. The molecule has 0 saturated carbocycles. The summed E-state index contributed by atoms with van der Waals surface area (Å²) in [4.78, 5) is 19.1. The Bertz CT molecular complexity index is 975. The summed E-state index contributed by atoms with van der Waals surface area (Å²) in [6.45, 7) is 5.00. The zero-order chi connectivity index (χ0) is 19.9. The van der Waals surface area contributed by atoms with Crippen LogP contribution in [0.5, 0.6) is 0 Å². The molecule has 0 fully saturated rings. The number of carbonyl (C=O) groups is 1. The van der Waals surface area contributed by atoms with E-state index in [1.807, 2.05) is 30.3 Å². The number of pyridine rings is 1. The number of hydrogen-bond donors (Lipinski definition) is 1. The zero-order valence-corrected chi connectivity index (χ0v) is 16.0. The fraction of sp³-hybridized carbons (Fsp3) is 0.174. The van der Waals surface area contributed by atoms with Crippen LogP contribution in [0.4, 0.5) is 11.4 Å². The number of benzene rings is 2. The van der Waals surface area contributed by atoms with Crippen molar-refractivity contribution in [1.29, 1.82) is 5.26 Å². The molecule has 1 N–H and O–H groups in total. The Hall–Kier alpha value is -3.65. The molecule has 0 unspecified atom stereocenters. The molecule has 2 aromatic carbocycles. The molecule has 0 aliphatic rings. The summed E-state index contributed by atoms with van der Waals surface area (Å²) in [5.74, 6) is -0.282. The van der Waals surface area contributed by atoms with Gasteiger partial charge in [-0.15, -0.1) is 0 Å². The van der Waals surface area contributed by atoms with Gasteiger partial charge in [0, 0.05) is 30.2 Å². The lowest BCUT2D eigenvalue weighted by atomic mass is 10.1. The minimum atomic E-state index is -0.282. The largest absolute Gasteiger partial charge is 0.365 e. The molecule has 0 spiro atoms. The Morgan fingerprint density at radius 2 is 1.82 bits per heavy atom. The molecule has 1 amide bonds. The molecule has 5 heteroatoms. The van der Waals surface area contributed by atoms with E-state index in [-0.39, 0.29) is 11.9 Å². The summed E-state index contributed by atoms with van der Waals surface area (Å²) in [6.07, 6.45) is 1.66. The van der Waals surface area contributed by atoms with Crippen molar-refractivity contribution in [2.24, 2.45) is 0 Å². The monoisotopic (exact) mass is 370 g/mol. The molecule has 28 heavy (non-hydrogen) atoms. The third-order valence-corrected chi connectivity index (χ3v) is 4.40. The van der Waals surface area contributed by atoms with Crippen LogP contribution in [-0.4, -0.2) is 16.9 Å². The Balaban J connectivity index is 1.79. The van der Waals surface area contributed by atoms with Crippen molar-refractivity contribution in [3.05, 3.63) is 89.7 Å². The van der Waals surface area contributed by atoms with Gasteiger partial charge in [-0.25, -0.2) is 0 Å². The first-order valence-corrected chi connectivity index (χ1v) is 9.15. The van der Waals surface area contributed by atoms with Gasteiger partial charge < -0.3 is 10.2 Å². The van der Waals surface area contributed by atoms with Crippen LogP contribution in [0.2, 0.25) is 0 Å². The predicted molar refractivity (Wildman–Crippen MR) is 111 cm³/mol.